The zero-order valence-corrected chi connectivity index (χ0v) is 7.47. The molecular weight excluding hydrogens is 184 g/mol. The molecule has 0 fully saturated rings. The highest BCUT2D eigenvalue weighted by Crippen LogP contribution is 2.26. The molecule has 0 saturated carbocycles. The predicted octanol–water partition coefficient (Wildman–Crippen LogP) is 0.613. The molecule has 14 heavy (non-hydrogen) atoms. The number of aldehydes is 1. The van der Waals surface area contributed by atoms with Crippen LogP contribution in [0.25, 0.3) is 11.0 Å². The lowest BCUT2D eigenvalue weighted by molar-refractivity contribution is 0.112. The largest absolute Gasteiger partial charge is 0.505 e. The fourth-order valence-corrected chi connectivity index (χ4v) is 1.31. The number of benzene rings is 1. The van der Waals surface area contributed by atoms with Crippen LogP contribution in [0.2, 0.25) is 0 Å². The number of carbonyl (C=O) groups excluding carboxylic acids is 1. The Labute approximate surface area is 79.5 Å². The van der Waals surface area contributed by atoms with Crippen LogP contribution in [0.15, 0.2) is 18.5 Å². The number of rotatable bonds is 2. The van der Waals surface area contributed by atoms with E-state index in [-0.39, 0.29) is 11.3 Å². The van der Waals surface area contributed by atoms with Crippen molar-refractivity contribution in [2.24, 2.45) is 0 Å². The predicted molar refractivity (Wildman–Crippen MR) is 49.3 cm³/mol. The number of nitrogens with zero attached hydrogens (tertiary/aromatic N) is 2. The van der Waals surface area contributed by atoms with E-state index < -0.39 is 0 Å². The lowest BCUT2D eigenvalue weighted by Crippen LogP contribution is -2.03. The van der Waals surface area contributed by atoms with Gasteiger partial charge in [-0.2, -0.15) is 4.73 Å². The van der Waals surface area contributed by atoms with Crippen LogP contribution in [-0.2, 0) is 0 Å². The molecule has 5 nitrogen and oxygen atoms in total. The Morgan fingerprint density at radius 1 is 1.57 bits per heavy atom. The van der Waals surface area contributed by atoms with Gasteiger partial charge in [0, 0.05) is 0 Å². The molecule has 1 N–H and O–H groups in total. The van der Waals surface area contributed by atoms with Crippen molar-refractivity contribution in [3.8, 4) is 5.75 Å². The second-order valence-corrected chi connectivity index (χ2v) is 2.74. The van der Waals surface area contributed by atoms with Crippen LogP contribution in [0.3, 0.4) is 0 Å². The maximum absolute atomic E-state index is 10.6. The van der Waals surface area contributed by atoms with Crippen LogP contribution in [0.4, 0.5) is 0 Å². The summed E-state index contributed by atoms with van der Waals surface area (Å²) in [6, 6.07) is 3.16. The first kappa shape index (κ1) is 8.55. The van der Waals surface area contributed by atoms with Gasteiger partial charge in [-0.1, -0.05) is 0 Å². The van der Waals surface area contributed by atoms with Crippen molar-refractivity contribution in [1.82, 2.24) is 9.71 Å². The van der Waals surface area contributed by atoms with Crippen LogP contribution in [0.1, 0.15) is 10.4 Å². The molecular formula is C9H8N2O3. The normalized spacial score (nSPS) is 10.4. The van der Waals surface area contributed by atoms with Gasteiger partial charge in [0.05, 0.1) is 11.1 Å². The fourth-order valence-electron chi connectivity index (χ4n) is 1.31. The van der Waals surface area contributed by atoms with Gasteiger partial charge in [0.25, 0.3) is 0 Å². The highest BCUT2D eigenvalue weighted by atomic mass is 16.6. The summed E-state index contributed by atoms with van der Waals surface area (Å²) < 4.78 is 1.30. The molecule has 0 bridgehead atoms. The molecule has 72 valence electrons. The van der Waals surface area contributed by atoms with Crippen molar-refractivity contribution in [1.29, 1.82) is 0 Å². The molecule has 0 amide bonds. The first-order chi connectivity index (χ1) is 6.77. The van der Waals surface area contributed by atoms with E-state index in [1.54, 1.807) is 6.07 Å². The van der Waals surface area contributed by atoms with E-state index in [1.165, 1.54) is 24.2 Å². The lowest BCUT2D eigenvalue weighted by atomic mass is 10.2. The zero-order valence-electron chi connectivity index (χ0n) is 7.47. The lowest BCUT2D eigenvalue weighted by Gasteiger charge is -2.03. The second-order valence-electron chi connectivity index (χ2n) is 2.74. The molecule has 1 heterocycles. The summed E-state index contributed by atoms with van der Waals surface area (Å²) >= 11 is 0. The number of fused-ring (bicyclic) bond motifs is 1. The first-order valence-electron chi connectivity index (χ1n) is 3.96. The van der Waals surface area contributed by atoms with E-state index in [2.05, 4.69) is 4.98 Å². The maximum atomic E-state index is 10.6. The van der Waals surface area contributed by atoms with E-state index in [0.717, 1.165) is 0 Å². The average molecular weight is 192 g/mol. The molecule has 0 aliphatic rings. The summed E-state index contributed by atoms with van der Waals surface area (Å²) in [4.78, 5) is 19.5. The summed E-state index contributed by atoms with van der Waals surface area (Å²) in [5.41, 5.74) is 1.20. The van der Waals surface area contributed by atoms with E-state index >= 15 is 0 Å². The highest BCUT2D eigenvalue weighted by Gasteiger charge is 2.11. The molecule has 0 atom stereocenters. The standard InChI is InChI=1S/C9H8N2O3/c1-14-11-5-10-7-3-2-6(4-12)9(13)8(7)11/h2-5,13H,1H3. The third-order valence-corrected chi connectivity index (χ3v) is 2.01. The number of aromatic hydroxyl groups is 1. The quantitative estimate of drug-likeness (QED) is 0.708. The Morgan fingerprint density at radius 2 is 2.36 bits per heavy atom. The molecule has 0 radical (unpaired) electrons. The molecule has 1 aromatic heterocycles. The van der Waals surface area contributed by atoms with Crippen LogP contribution >= 0.6 is 0 Å². The number of phenolic OH excluding ortho intramolecular Hbond substituents is 1. The minimum Gasteiger partial charge on any atom is -0.505 e. The van der Waals surface area contributed by atoms with E-state index in [9.17, 15) is 9.90 Å². The Bertz CT molecular complexity index is 490. The summed E-state index contributed by atoms with van der Waals surface area (Å²) in [7, 11) is 1.45. The van der Waals surface area contributed by atoms with Crippen LogP contribution in [-0.4, -0.2) is 28.2 Å². The van der Waals surface area contributed by atoms with Crippen LogP contribution < -0.4 is 4.84 Å². The third kappa shape index (κ3) is 1.02. The van der Waals surface area contributed by atoms with Gasteiger partial charge in [-0.05, 0) is 12.1 Å². The van der Waals surface area contributed by atoms with Crippen LogP contribution in [0.5, 0.6) is 5.75 Å². The summed E-state index contributed by atoms with van der Waals surface area (Å²) in [5.74, 6) is -0.114. The SMILES string of the molecule is COn1cnc2ccc(C=O)c(O)c21. The number of hydrogen-bond donors (Lipinski definition) is 1. The van der Waals surface area contributed by atoms with Crippen molar-refractivity contribution in [2.45, 2.75) is 0 Å². The molecule has 2 aromatic rings. The molecule has 2 rings (SSSR count). The number of hydrogen-bond acceptors (Lipinski definition) is 4. The smallest absolute Gasteiger partial charge is 0.155 e. The monoisotopic (exact) mass is 192 g/mol. The Kier molecular flexibility index (Phi) is 1.85. The van der Waals surface area contributed by atoms with Gasteiger partial charge in [-0.25, -0.2) is 4.98 Å². The van der Waals surface area contributed by atoms with Gasteiger partial charge in [0.1, 0.15) is 19.0 Å². The highest BCUT2D eigenvalue weighted by molar-refractivity contribution is 5.92. The summed E-state index contributed by atoms with van der Waals surface area (Å²) in [5, 5.41) is 9.68. The molecule has 0 saturated heterocycles. The summed E-state index contributed by atoms with van der Waals surface area (Å²) in [6.07, 6.45) is 2.01. The van der Waals surface area contributed by atoms with E-state index in [0.29, 0.717) is 17.3 Å². The van der Waals surface area contributed by atoms with Crippen molar-refractivity contribution in [3.05, 3.63) is 24.0 Å². The molecule has 0 aliphatic heterocycles. The number of aromatic nitrogens is 2. The Hall–Kier alpha value is -2.04. The Morgan fingerprint density at radius 3 is 3.00 bits per heavy atom. The minimum atomic E-state index is -0.114. The van der Waals surface area contributed by atoms with Crippen molar-refractivity contribution >= 4 is 17.3 Å². The summed E-state index contributed by atoms with van der Waals surface area (Å²) in [6.45, 7) is 0. The first-order valence-corrected chi connectivity index (χ1v) is 3.96. The minimum absolute atomic E-state index is 0.114. The second kappa shape index (κ2) is 3.02. The van der Waals surface area contributed by atoms with Gasteiger partial charge in [0.15, 0.2) is 12.0 Å². The van der Waals surface area contributed by atoms with Crippen molar-refractivity contribution < 1.29 is 14.7 Å². The third-order valence-electron chi connectivity index (χ3n) is 2.01. The van der Waals surface area contributed by atoms with Crippen molar-refractivity contribution in [2.75, 3.05) is 7.11 Å². The van der Waals surface area contributed by atoms with Gasteiger partial charge >= 0.3 is 0 Å². The molecule has 5 heteroatoms. The van der Waals surface area contributed by atoms with Crippen molar-refractivity contribution in [3.63, 3.8) is 0 Å². The van der Waals surface area contributed by atoms with E-state index in [4.69, 9.17) is 4.84 Å². The maximum Gasteiger partial charge on any atom is 0.155 e. The van der Waals surface area contributed by atoms with Gasteiger partial charge in [-0.15, -0.1) is 0 Å². The number of carbonyl (C=O) groups is 1. The van der Waals surface area contributed by atoms with Gasteiger partial charge in [-0.3, -0.25) is 4.79 Å². The average Bonchev–Trinajstić information content (AvgIpc) is 2.62. The number of phenols is 1. The molecule has 0 aliphatic carbocycles. The van der Waals surface area contributed by atoms with E-state index in [1.807, 2.05) is 0 Å². The van der Waals surface area contributed by atoms with Gasteiger partial charge in [0.2, 0.25) is 0 Å². The van der Waals surface area contributed by atoms with Gasteiger partial charge < -0.3 is 9.94 Å². The Balaban J connectivity index is 2.83. The fraction of sp³-hybridized carbons (Fsp3) is 0.111. The van der Waals surface area contributed by atoms with Crippen LogP contribution in [0, 0.1) is 0 Å². The molecule has 0 spiro atoms. The number of imidazole rings is 1. The zero-order chi connectivity index (χ0) is 10.1. The molecule has 0 unspecified atom stereocenters. The topological polar surface area (TPSA) is 64.4 Å². The molecule has 1 aromatic carbocycles.